The summed E-state index contributed by atoms with van der Waals surface area (Å²) in [7, 11) is 4.70. The highest BCUT2D eigenvalue weighted by Crippen LogP contribution is 2.34. The molecule has 11 heteroatoms. The van der Waals surface area contributed by atoms with Crippen LogP contribution >= 0.6 is 0 Å². The Labute approximate surface area is 219 Å². The number of para-hydroxylation sites is 1. The Morgan fingerprint density at radius 2 is 1.89 bits per heavy atom. The molecule has 0 bridgehead atoms. The van der Waals surface area contributed by atoms with Gasteiger partial charge in [0, 0.05) is 34.9 Å². The van der Waals surface area contributed by atoms with E-state index in [1.807, 2.05) is 38.2 Å². The molecule has 0 fully saturated rings. The van der Waals surface area contributed by atoms with Gasteiger partial charge in [-0.1, -0.05) is 24.3 Å². The number of hydrogen-bond acceptors (Lipinski definition) is 7. The van der Waals surface area contributed by atoms with Crippen LogP contribution < -0.4 is 25.5 Å². The molecule has 0 aliphatic carbocycles. The summed E-state index contributed by atoms with van der Waals surface area (Å²) < 4.78 is 18.0. The van der Waals surface area contributed by atoms with Gasteiger partial charge in [0.05, 0.1) is 32.0 Å². The quantitative estimate of drug-likeness (QED) is 0.238. The van der Waals surface area contributed by atoms with Crippen molar-refractivity contribution in [3.63, 3.8) is 0 Å². The third-order valence-electron chi connectivity index (χ3n) is 6.39. The molecule has 3 aromatic rings. The fraction of sp³-hybridized carbons (Fsp3) is 0.259. The van der Waals surface area contributed by atoms with E-state index in [0.29, 0.717) is 22.8 Å². The van der Waals surface area contributed by atoms with Crippen molar-refractivity contribution in [1.29, 1.82) is 0 Å². The highest BCUT2D eigenvalue weighted by Gasteiger charge is 2.32. The number of carbonyl (C=O) groups is 3. The molecular weight excluding hydrogens is 490 g/mol. The first-order chi connectivity index (χ1) is 18.2. The van der Waals surface area contributed by atoms with Crippen LogP contribution in [0.2, 0.25) is 0 Å². The maximum Gasteiger partial charge on any atom is 0.337 e. The third kappa shape index (κ3) is 5.17. The van der Waals surface area contributed by atoms with Crippen molar-refractivity contribution < 1.29 is 28.6 Å². The minimum Gasteiger partial charge on any atom is -0.493 e. The normalized spacial score (nSPS) is 15.3. The zero-order chi connectivity index (χ0) is 27.4. The molecule has 4 rings (SSSR count). The number of hydrazone groups is 1. The van der Waals surface area contributed by atoms with Gasteiger partial charge >= 0.3 is 12.0 Å². The summed E-state index contributed by atoms with van der Waals surface area (Å²) in [5.74, 6) is -0.404. The van der Waals surface area contributed by atoms with Gasteiger partial charge in [-0.15, -0.1) is 0 Å². The molecule has 1 atom stereocenters. The largest absolute Gasteiger partial charge is 0.493 e. The second-order valence-corrected chi connectivity index (χ2v) is 8.63. The van der Waals surface area contributed by atoms with Gasteiger partial charge in [0.2, 0.25) is 0 Å². The number of nitrogens with one attached hydrogen (secondary N) is 3. The summed E-state index contributed by atoms with van der Waals surface area (Å²) in [6.07, 6.45) is 1.62. The molecule has 38 heavy (non-hydrogen) atoms. The van der Waals surface area contributed by atoms with Crippen molar-refractivity contribution in [3.8, 4) is 11.5 Å². The topological polar surface area (TPSA) is 132 Å². The number of rotatable bonds is 8. The number of benzene rings is 2. The number of allylic oxidation sites excluding steroid dienone is 1. The van der Waals surface area contributed by atoms with Gasteiger partial charge in [-0.25, -0.2) is 15.0 Å². The molecule has 11 nitrogen and oxygen atoms in total. The average Bonchev–Trinajstić information content (AvgIpc) is 3.16. The summed E-state index contributed by atoms with van der Waals surface area (Å²) >= 11 is 0. The van der Waals surface area contributed by atoms with Crippen molar-refractivity contribution in [3.05, 3.63) is 70.6 Å². The van der Waals surface area contributed by atoms with E-state index in [-0.39, 0.29) is 12.2 Å². The van der Waals surface area contributed by atoms with Crippen LogP contribution in [0.5, 0.6) is 11.5 Å². The van der Waals surface area contributed by atoms with Gasteiger partial charge in [0.1, 0.15) is 0 Å². The lowest BCUT2D eigenvalue weighted by molar-refractivity contribution is -0.136. The van der Waals surface area contributed by atoms with E-state index >= 15 is 0 Å². The minimum atomic E-state index is -0.755. The van der Waals surface area contributed by atoms with Crippen LogP contribution in [0.25, 0.3) is 10.9 Å². The van der Waals surface area contributed by atoms with E-state index in [1.54, 1.807) is 31.3 Å². The van der Waals surface area contributed by atoms with Crippen LogP contribution in [0.3, 0.4) is 0 Å². The summed E-state index contributed by atoms with van der Waals surface area (Å²) in [4.78, 5) is 36.8. The molecule has 1 aliphatic heterocycles. The van der Waals surface area contributed by atoms with Gasteiger partial charge < -0.3 is 29.4 Å². The summed E-state index contributed by atoms with van der Waals surface area (Å²) in [5, 5.41) is 10.4. The number of aryl methyl sites for hydroxylation is 1. The zero-order valence-electron chi connectivity index (χ0n) is 21.7. The van der Waals surface area contributed by atoms with E-state index in [2.05, 4.69) is 25.7 Å². The highest BCUT2D eigenvalue weighted by atomic mass is 16.5. The summed E-state index contributed by atoms with van der Waals surface area (Å²) in [6.45, 7) is 3.30. The van der Waals surface area contributed by atoms with E-state index in [1.165, 1.54) is 14.2 Å². The van der Waals surface area contributed by atoms with Gasteiger partial charge in [-0.05, 0) is 37.6 Å². The van der Waals surface area contributed by atoms with Crippen molar-refractivity contribution in [2.75, 3.05) is 20.8 Å². The number of aromatic nitrogens is 1. The Balaban J connectivity index is 1.44. The minimum absolute atomic E-state index is 0.265. The molecule has 0 saturated carbocycles. The van der Waals surface area contributed by atoms with E-state index < -0.39 is 23.9 Å². The maximum absolute atomic E-state index is 12.4. The molecule has 3 N–H and O–H groups in total. The van der Waals surface area contributed by atoms with Gasteiger partial charge in [-0.2, -0.15) is 5.10 Å². The molecule has 0 spiro atoms. The maximum atomic E-state index is 12.4. The lowest BCUT2D eigenvalue weighted by Gasteiger charge is -2.28. The van der Waals surface area contributed by atoms with Crippen molar-refractivity contribution in [2.45, 2.75) is 19.9 Å². The number of ether oxygens (including phenoxy) is 3. The number of amides is 3. The molecule has 0 radical (unpaired) electrons. The van der Waals surface area contributed by atoms with Crippen LogP contribution in [0.15, 0.2) is 58.8 Å². The molecule has 3 amide bonds. The predicted octanol–water partition coefficient (Wildman–Crippen LogP) is 2.83. The van der Waals surface area contributed by atoms with Gasteiger partial charge in [-0.3, -0.25) is 4.79 Å². The molecule has 2 aromatic carbocycles. The molecule has 2 heterocycles. The van der Waals surface area contributed by atoms with Crippen LogP contribution in [0.4, 0.5) is 4.79 Å². The van der Waals surface area contributed by atoms with Gasteiger partial charge in [0.25, 0.3) is 5.91 Å². The van der Waals surface area contributed by atoms with E-state index in [0.717, 1.165) is 22.2 Å². The van der Waals surface area contributed by atoms with Crippen LogP contribution in [0, 0.1) is 6.92 Å². The molecule has 0 unspecified atom stereocenters. The second kappa shape index (κ2) is 11.1. The number of nitrogens with zero attached hydrogens (tertiary/aromatic N) is 2. The number of urea groups is 1. The standard InChI is InChI=1S/C27H29N5O6/c1-15-24(26(34)37-5)25(30-27(35)29-15)17-10-11-21(22(12-17)36-4)38-14-23(33)31-28-13-19-16(2)32(3)20-9-7-6-8-18(19)20/h6-13,25H,14H2,1-5H3,(H,31,33)(H2,29,30,35)/b28-13-/t25-/m1/s1. The summed E-state index contributed by atoms with van der Waals surface area (Å²) in [6, 6.07) is 11.7. The molecule has 0 saturated heterocycles. The van der Waals surface area contributed by atoms with E-state index in [4.69, 9.17) is 14.2 Å². The molecule has 1 aromatic heterocycles. The number of hydrogen-bond donors (Lipinski definition) is 3. The van der Waals surface area contributed by atoms with Crippen LogP contribution in [0.1, 0.15) is 29.8 Å². The Bertz CT molecular complexity index is 1470. The number of fused-ring (bicyclic) bond motifs is 1. The van der Waals surface area contributed by atoms with E-state index in [9.17, 15) is 14.4 Å². The monoisotopic (exact) mass is 519 g/mol. The Kier molecular flexibility index (Phi) is 7.66. The first-order valence-corrected chi connectivity index (χ1v) is 11.8. The fourth-order valence-corrected chi connectivity index (χ4v) is 4.36. The van der Waals surface area contributed by atoms with Crippen molar-refractivity contribution in [1.82, 2.24) is 20.6 Å². The second-order valence-electron chi connectivity index (χ2n) is 8.63. The number of carbonyl (C=O) groups excluding carboxylic acids is 3. The summed E-state index contributed by atoms with van der Waals surface area (Å²) in [5.41, 5.74) is 6.73. The van der Waals surface area contributed by atoms with Crippen LogP contribution in [-0.2, 0) is 21.4 Å². The fourth-order valence-electron chi connectivity index (χ4n) is 4.36. The third-order valence-corrected chi connectivity index (χ3v) is 6.39. The first kappa shape index (κ1) is 26.3. The lowest BCUT2D eigenvalue weighted by atomic mass is 9.95. The average molecular weight is 520 g/mol. The predicted molar refractivity (Wildman–Crippen MR) is 141 cm³/mol. The Hall–Kier alpha value is -4.80. The first-order valence-electron chi connectivity index (χ1n) is 11.8. The van der Waals surface area contributed by atoms with Gasteiger partial charge in [0.15, 0.2) is 18.1 Å². The number of methoxy groups -OCH3 is 2. The highest BCUT2D eigenvalue weighted by molar-refractivity contribution is 6.01. The van der Waals surface area contributed by atoms with Crippen molar-refractivity contribution in [2.24, 2.45) is 12.1 Å². The van der Waals surface area contributed by atoms with Crippen molar-refractivity contribution >= 4 is 35.0 Å². The molecule has 198 valence electrons. The zero-order valence-corrected chi connectivity index (χ0v) is 21.7. The Morgan fingerprint density at radius 1 is 1.13 bits per heavy atom. The lowest BCUT2D eigenvalue weighted by Crippen LogP contribution is -2.45. The van der Waals surface area contributed by atoms with Crippen LogP contribution in [-0.4, -0.2) is 49.5 Å². The Morgan fingerprint density at radius 3 is 2.63 bits per heavy atom. The SMILES string of the molecule is COC(=O)C1=C(C)NC(=O)N[C@@H]1c1ccc(OCC(=O)N/N=C\c2c(C)n(C)c3ccccc23)c(OC)c1. The smallest absolute Gasteiger partial charge is 0.337 e. The number of esters is 1. The molecule has 1 aliphatic rings. The molecular formula is C27H29N5O6.